The smallest absolute Gasteiger partial charge is 0.172 e. The standard InChI is InChI=1S/C15H13FO2/c1-10(17)11-5-3-6-12(9-11)13-7-4-8-14(18-2)15(13)16/h3-9H,1-2H3. The fourth-order valence-corrected chi connectivity index (χ4v) is 1.80. The van der Waals surface area contributed by atoms with Crippen molar-refractivity contribution in [2.75, 3.05) is 7.11 Å². The molecule has 2 nitrogen and oxygen atoms in total. The molecule has 2 rings (SSSR count). The minimum absolute atomic E-state index is 0.0415. The van der Waals surface area contributed by atoms with E-state index in [2.05, 4.69) is 0 Å². The molecule has 0 atom stereocenters. The first-order valence-electron chi connectivity index (χ1n) is 5.57. The summed E-state index contributed by atoms with van der Waals surface area (Å²) in [5, 5.41) is 0. The second-order valence-corrected chi connectivity index (χ2v) is 3.96. The number of carbonyl (C=O) groups is 1. The molecule has 0 N–H and O–H groups in total. The van der Waals surface area contributed by atoms with Crippen molar-refractivity contribution in [1.29, 1.82) is 0 Å². The lowest BCUT2D eigenvalue weighted by Gasteiger charge is -2.08. The van der Waals surface area contributed by atoms with E-state index < -0.39 is 5.82 Å². The highest BCUT2D eigenvalue weighted by Crippen LogP contribution is 2.29. The number of hydrogen-bond acceptors (Lipinski definition) is 2. The number of carbonyl (C=O) groups excluding carboxylic acids is 1. The van der Waals surface area contributed by atoms with Crippen molar-refractivity contribution in [1.82, 2.24) is 0 Å². The van der Waals surface area contributed by atoms with Gasteiger partial charge in [-0.15, -0.1) is 0 Å². The van der Waals surface area contributed by atoms with Gasteiger partial charge in [-0.25, -0.2) is 4.39 Å². The number of hydrogen-bond donors (Lipinski definition) is 0. The number of rotatable bonds is 3. The third kappa shape index (κ3) is 2.25. The van der Waals surface area contributed by atoms with E-state index in [0.29, 0.717) is 16.7 Å². The van der Waals surface area contributed by atoms with Crippen molar-refractivity contribution >= 4 is 5.78 Å². The van der Waals surface area contributed by atoms with E-state index in [9.17, 15) is 9.18 Å². The number of ketones is 1. The summed E-state index contributed by atoms with van der Waals surface area (Å²) in [6.45, 7) is 1.49. The number of halogens is 1. The van der Waals surface area contributed by atoms with Gasteiger partial charge in [-0.05, 0) is 24.6 Å². The van der Waals surface area contributed by atoms with E-state index in [1.807, 2.05) is 0 Å². The van der Waals surface area contributed by atoms with Crippen molar-refractivity contribution in [3.05, 3.63) is 53.8 Å². The molecule has 0 unspecified atom stereocenters. The van der Waals surface area contributed by atoms with Crippen LogP contribution in [0, 0.1) is 5.82 Å². The highest BCUT2D eigenvalue weighted by molar-refractivity contribution is 5.95. The predicted molar refractivity (Wildman–Crippen MR) is 68.4 cm³/mol. The van der Waals surface area contributed by atoms with E-state index in [0.717, 1.165) is 0 Å². The van der Waals surface area contributed by atoms with E-state index in [4.69, 9.17) is 4.74 Å². The molecule has 0 spiro atoms. The Bertz CT molecular complexity index is 591. The zero-order valence-electron chi connectivity index (χ0n) is 10.2. The van der Waals surface area contributed by atoms with Crippen molar-refractivity contribution in [2.45, 2.75) is 6.92 Å². The molecule has 0 heterocycles. The molecule has 0 aliphatic carbocycles. The number of Topliss-reactive ketones (excluding diaryl/α,β-unsaturated/α-hetero) is 1. The van der Waals surface area contributed by atoms with E-state index in [1.165, 1.54) is 14.0 Å². The Morgan fingerprint density at radius 2 is 1.89 bits per heavy atom. The largest absolute Gasteiger partial charge is 0.494 e. The zero-order valence-corrected chi connectivity index (χ0v) is 10.2. The summed E-state index contributed by atoms with van der Waals surface area (Å²) in [4.78, 5) is 11.3. The topological polar surface area (TPSA) is 26.3 Å². The third-order valence-corrected chi connectivity index (χ3v) is 2.76. The Morgan fingerprint density at radius 1 is 1.17 bits per heavy atom. The monoisotopic (exact) mass is 244 g/mol. The molecule has 2 aromatic rings. The minimum atomic E-state index is -0.416. The minimum Gasteiger partial charge on any atom is -0.494 e. The Balaban J connectivity index is 2.55. The van der Waals surface area contributed by atoms with Crippen molar-refractivity contribution in [3.63, 3.8) is 0 Å². The number of methoxy groups -OCH3 is 1. The summed E-state index contributed by atoms with van der Waals surface area (Å²) < 4.78 is 19.0. The predicted octanol–water partition coefficient (Wildman–Crippen LogP) is 3.70. The molecule has 0 radical (unpaired) electrons. The van der Waals surface area contributed by atoms with Crippen molar-refractivity contribution in [2.24, 2.45) is 0 Å². The lowest BCUT2D eigenvalue weighted by molar-refractivity contribution is 0.101. The summed E-state index contributed by atoms with van der Waals surface area (Å²) in [6, 6.07) is 11.8. The van der Waals surface area contributed by atoms with Crippen LogP contribution in [0.1, 0.15) is 17.3 Å². The highest BCUT2D eigenvalue weighted by atomic mass is 19.1. The Hall–Kier alpha value is -2.16. The van der Waals surface area contributed by atoms with Crippen LogP contribution < -0.4 is 4.74 Å². The van der Waals surface area contributed by atoms with Gasteiger partial charge >= 0.3 is 0 Å². The first kappa shape index (κ1) is 12.3. The molecule has 0 saturated heterocycles. The number of ether oxygens (including phenoxy) is 1. The average Bonchev–Trinajstić information content (AvgIpc) is 2.39. The molecule has 0 saturated carbocycles. The molecule has 18 heavy (non-hydrogen) atoms. The summed E-state index contributed by atoms with van der Waals surface area (Å²) in [6.07, 6.45) is 0. The van der Waals surface area contributed by atoms with Crippen LogP contribution >= 0.6 is 0 Å². The van der Waals surface area contributed by atoms with Crippen LogP contribution in [0.25, 0.3) is 11.1 Å². The van der Waals surface area contributed by atoms with Gasteiger partial charge in [0.15, 0.2) is 17.3 Å². The maximum absolute atomic E-state index is 14.1. The second kappa shape index (κ2) is 5.00. The van der Waals surface area contributed by atoms with E-state index in [1.54, 1.807) is 42.5 Å². The van der Waals surface area contributed by atoms with E-state index in [-0.39, 0.29) is 11.5 Å². The fourth-order valence-electron chi connectivity index (χ4n) is 1.80. The molecular weight excluding hydrogens is 231 g/mol. The Labute approximate surface area is 105 Å². The molecule has 0 aromatic heterocycles. The van der Waals surface area contributed by atoms with Crippen molar-refractivity contribution in [3.8, 4) is 16.9 Å². The van der Waals surface area contributed by atoms with Gasteiger partial charge in [-0.3, -0.25) is 4.79 Å². The first-order valence-corrected chi connectivity index (χ1v) is 5.57. The summed E-state index contributed by atoms with van der Waals surface area (Å²) in [5.74, 6) is -0.262. The van der Waals surface area contributed by atoms with Gasteiger partial charge in [0.2, 0.25) is 0 Å². The van der Waals surface area contributed by atoms with Crippen molar-refractivity contribution < 1.29 is 13.9 Å². The molecule has 0 aliphatic heterocycles. The van der Waals surface area contributed by atoms with Gasteiger partial charge in [-0.2, -0.15) is 0 Å². The molecule has 0 bridgehead atoms. The molecular formula is C15H13FO2. The Morgan fingerprint density at radius 3 is 2.56 bits per heavy atom. The first-order chi connectivity index (χ1) is 8.63. The van der Waals surface area contributed by atoms with E-state index >= 15 is 0 Å². The van der Waals surface area contributed by atoms with Gasteiger partial charge < -0.3 is 4.74 Å². The molecule has 0 amide bonds. The van der Waals surface area contributed by atoms with Gasteiger partial charge in [0, 0.05) is 11.1 Å². The summed E-state index contributed by atoms with van der Waals surface area (Å²) in [7, 11) is 1.42. The van der Waals surface area contributed by atoms with Crippen LogP contribution in [-0.4, -0.2) is 12.9 Å². The van der Waals surface area contributed by atoms with Gasteiger partial charge in [0.25, 0.3) is 0 Å². The van der Waals surface area contributed by atoms with Crippen LogP contribution in [0.15, 0.2) is 42.5 Å². The average molecular weight is 244 g/mol. The van der Waals surface area contributed by atoms with Crippen LogP contribution in [-0.2, 0) is 0 Å². The molecule has 0 fully saturated rings. The maximum Gasteiger partial charge on any atom is 0.172 e. The lowest BCUT2D eigenvalue weighted by Crippen LogP contribution is -1.94. The van der Waals surface area contributed by atoms with Crippen LogP contribution in [0.2, 0.25) is 0 Å². The third-order valence-electron chi connectivity index (χ3n) is 2.76. The molecule has 0 aliphatic rings. The van der Waals surface area contributed by atoms with Gasteiger partial charge in [0.1, 0.15) is 0 Å². The Kier molecular flexibility index (Phi) is 3.42. The van der Waals surface area contributed by atoms with Crippen LogP contribution in [0.5, 0.6) is 5.75 Å². The maximum atomic E-state index is 14.1. The summed E-state index contributed by atoms with van der Waals surface area (Å²) in [5.41, 5.74) is 1.66. The highest BCUT2D eigenvalue weighted by Gasteiger charge is 2.11. The zero-order chi connectivity index (χ0) is 13.1. The fraction of sp³-hybridized carbons (Fsp3) is 0.133. The number of benzene rings is 2. The molecule has 92 valence electrons. The second-order valence-electron chi connectivity index (χ2n) is 3.96. The molecule has 2 aromatic carbocycles. The molecule has 3 heteroatoms. The lowest BCUT2D eigenvalue weighted by atomic mass is 10.0. The van der Waals surface area contributed by atoms with Crippen LogP contribution in [0.4, 0.5) is 4.39 Å². The normalized spacial score (nSPS) is 10.2. The SMILES string of the molecule is COc1cccc(-c2cccc(C(C)=O)c2)c1F. The van der Waals surface area contributed by atoms with Gasteiger partial charge in [-0.1, -0.05) is 30.3 Å². The van der Waals surface area contributed by atoms with Crippen LogP contribution in [0.3, 0.4) is 0 Å². The summed E-state index contributed by atoms with van der Waals surface area (Å²) >= 11 is 0. The van der Waals surface area contributed by atoms with Gasteiger partial charge in [0.05, 0.1) is 7.11 Å². The quantitative estimate of drug-likeness (QED) is 0.769.